The van der Waals surface area contributed by atoms with Crippen LogP contribution in [0.2, 0.25) is 0 Å². The third-order valence-electron chi connectivity index (χ3n) is 4.46. The first-order chi connectivity index (χ1) is 9.08. The first kappa shape index (κ1) is 14.5. The molecule has 0 saturated carbocycles. The normalized spacial score (nSPS) is 26.7. The van der Waals surface area contributed by atoms with E-state index in [2.05, 4.69) is 23.3 Å². The van der Waals surface area contributed by atoms with E-state index in [4.69, 9.17) is 0 Å². The van der Waals surface area contributed by atoms with Crippen LogP contribution in [-0.2, 0) is 4.79 Å². The van der Waals surface area contributed by atoms with E-state index < -0.39 is 5.97 Å². The maximum Gasteiger partial charge on any atom is 0.320 e. The summed E-state index contributed by atoms with van der Waals surface area (Å²) in [6.45, 7) is 10.3. The molecule has 2 aliphatic heterocycles. The van der Waals surface area contributed by atoms with E-state index >= 15 is 0 Å². The Morgan fingerprint density at radius 1 is 1.26 bits per heavy atom. The van der Waals surface area contributed by atoms with E-state index in [1.807, 2.05) is 0 Å². The van der Waals surface area contributed by atoms with Gasteiger partial charge < -0.3 is 10.0 Å². The van der Waals surface area contributed by atoms with E-state index in [9.17, 15) is 9.90 Å². The fourth-order valence-electron chi connectivity index (χ4n) is 3.31. The summed E-state index contributed by atoms with van der Waals surface area (Å²) in [4.78, 5) is 16.0. The number of likely N-dealkylation sites (tertiary alicyclic amines) is 2. The number of carboxylic acids is 1. The molecule has 19 heavy (non-hydrogen) atoms. The van der Waals surface area contributed by atoms with Gasteiger partial charge in [0, 0.05) is 12.6 Å². The third kappa shape index (κ3) is 3.80. The Bertz CT molecular complexity index is 335. The summed E-state index contributed by atoms with van der Waals surface area (Å²) in [5.74, 6) is -0.637. The van der Waals surface area contributed by atoms with Gasteiger partial charge in [0.2, 0.25) is 0 Å². The lowest BCUT2D eigenvalue weighted by atomic mass is 10.0. The lowest BCUT2D eigenvalue weighted by Gasteiger charge is -2.38. The Morgan fingerprint density at radius 2 is 1.95 bits per heavy atom. The Morgan fingerprint density at radius 3 is 2.53 bits per heavy atom. The van der Waals surface area contributed by atoms with Gasteiger partial charge in [0.05, 0.1) is 0 Å². The van der Waals surface area contributed by atoms with Crippen LogP contribution in [0.5, 0.6) is 0 Å². The fraction of sp³-hybridized carbons (Fsp3) is 0.800. The first-order valence-electron chi connectivity index (χ1n) is 7.43. The number of carboxylic acid groups (broad SMARTS) is 1. The van der Waals surface area contributed by atoms with Gasteiger partial charge in [-0.15, -0.1) is 6.58 Å². The minimum Gasteiger partial charge on any atom is -0.480 e. The van der Waals surface area contributed by atoms with E-state index in [1.165, 1.54) is 5.57 Å². The highest BCUT2D eigenvalue weighted by molar-refractivity contribution is 5.73. The van der Waals surface area contributed by atoms with Crippen molar-refractivity contribution in [1.29, 1.82) is 0 Å². The van der Waals surface area contributed by atoms with Gasteiger partial charge in [-0.1, -0.05) is 5.57 Å². The molecular weight excluding hydrogens is 240 g/mol. The average molecular weight is 266 g/mol. The second kappa shape index (κ2) is 6.53. The maximum atomic E-state index is 11.2. The van der Waals surface area contributed by atoms with Crippen molar-refractivity contribution in [3.63, 3.8) is 0 Å². The molecule has 2 saturated heterocycles. The minimum absolute atomic E-state index is 0.230. The molecule has 2 aliphatic rings. The standard InChI is InChI=1S/C15H26N2O2/c1-12(2)5-9-16-10-6-13(7-11-16)17-8-3-4-14(17)15(18)19/h13-14H,1,3-11H2,2H3,(H,18,19). The molecule has 0 bridgehead atoms. The summed E-state index contributed by atoms with van der Waals surface area (Å²) >= 11 is 0. The molecule has 0 aromatic heterocycles. The van der Waals surface area contributed by atoms with Gasteiger partial charge in [-0.3, -0.25) is 9.69 Å². The van der Waals surface area contributed by atoms with Crippen molar-refractivity contribution in [2.45, 2.75) is 51.1 Å². The number of hydrogen-bond donors (Lipinski definition) is 1. The largest absolute Gasteiger partial charge is 0.480 e. The predicted molar refractivity (Wildman–Crippen MR) is 76.3 cm³/mol. The average Bonchev–Trinajstić information content (AvgIpc) is 2.86. The van der Waals surface area contributed by atoms with Gasteiger partial charge in [0.25, 0.3) is 0 Å². The van der Waals surface area contributed by atoms with Crippen molar-refractivity contribution < 1.29 is 9.90 Å². The summed E-state index contributed by atoms with van der Waals surface area (Å²) in [6.07, 6.45) is 5.16. The molecule has 1 atom stereocenters. The number of piperidine rings is 1. The maximum absolute atomic E-state index is 11.2. The van der Waals surface area contributed by atoms with Crippen LogP contribution in [-0.4, -0.2) is 59.1 Å². The zero-order valence-electron chi connectivity index (χ0n) is 12.0. The molecule has 4 heteroatoms. The van der Waals surface area contributed by atoms with E-state index in [-0.39, 0.29) is 6.04 Å². The topological polar surface area (TPSA) is 43.8 Å². The van der Waals surface area contributed by atoms with Gasteiger partial charge in [0.1, 0.15) is 6.04 Å². The summed E-state index contributed by atoms with van der Waals surface area (Å²) < 4.78 is 0. The van der Waals surface area contributed by atoms with Crippen LogP contribution in [0, 0.1) is 0 Å². The molecule has 2 heterocycles. The van der Waals surface area contributed by atoms with E-state index in [0.29, 0.717) is 6.04 Å². The predicted octanol–water partition coefficient (Wildman–Crippen LogP) is 1.97. The van der Waals surface area contributed by atoms with Crippen molar-refractivity contribution in [3.8, 4) is 0 Å². The van der Waals surface area contributed by atoms with Gasteiger partial charge >= 0.3 is 5.97 Å². The van der Waals surface area contributed by atoms with Crippen LogP contribution in [0.3, 0.4) is 0 Å². The molecular formula is C15H26N2O2. The lowest BCUT2D eigenvalue weighted by molar-refractivity contribution is -0.143. The van der Waals surface area contributed by atoms with Crippen LogP contribution in [0.15, 0.2) is 12.2 Å². The molecule has 1 N–H and O–H groups in total. The zero-order chi connectivity index (χ0) is 13.8. The zero-order valence-corrected chi connectivity index (χ0v) is 12.0. The van der Waals surface area contributed by atoms with Crippen LogP contribution < -0.4 is 0 Å². The van der Waals surface area contributed by atoms with E-state index in [0.717, 1.165) is 58.3 Å². The molecule has 4 nitrogen and oxygen atoms in total. The Balaban J connectivity index is 1.79. The molecule has 1 unspecified atom stereocenters. The highest BCUT2D eigenvalue weighted by Crippen LogP contribution is 2.26. The third-order valence-corrected chi connectivity index (χ3v) is 4.46. The van der Waals surface area contributed by atoms with Crippen LogP contribution in [0.25, 0.3) is 0 Å². The Labute approximate surface area is 116 Å². The van der Waals surface area contributed by atoms with Crippen LogP contribution >= 0.6 is 0 Å². The van der Waals surface area contributed by atoms with Gasteiger partial charge in [-0.25, -0.2) is 0 Å². The van der Waals surface area contributed by atoms with Crippen molar-refractivity contribution in [1.82, 2.24) is 9.80 Å². The van der Waals surface area contributed by atoms with Gasteiger partial charge in [-0.2, -0.15) is 0 Å². The second-order valence-corrected chi connectivity index (χ2v) is 6.01. The quantitative estimate of drug-likeness (QED) is 0.773. The molecule has 0 radical (unpaired) electrons. The molecule has 2 fully saturated rings. The number of nitrogens with zero attached hydrogens (tertiary/aromatic N) is 2. The SMILES string of the molecule is C=C(C)CCN1CCC(N2CCCC2C(=O)O)CC1. The summed E-state index contributed by atoms with van der Waals surface area (Å²) in [5, 5.41) is 9.25. The van der Waals surface area contributed by atoms with Crippen molar-refractivity contribution in [2.24, 2.45) is 0 Å². The Hall–Kier alpha value is -0.870. The number of rotatable bonds is 5. The van der Waals surface area contributed by atoms with Crippen molar-refractivity contribution in [3.05, 3.63) is 12.2 Å². The Kier molecular flexibility index (Phi) is 4.99. The molecule has 108 valence electrons. The number of carbonyl (C=O) groups is 1. The summed E-state index contributed by atoms with van der Waals surface area (Å²) in [5.41, 5.74) is 1.24. The monoisotopic (exact) mass is 266 g/mol. The minimum atomic E-state index is -0.637. The van der Waals surface area contributed by atoms with Crippen LogP contribution in [0.4, 0.5) is 0 Å². The summed E-state index contributed by atoms with van der Waals surface area (Å²) in [6, 6.07) is 0.247. The molecule has 2 rings (SSSR count). The van der Waals surface area contributed by atoms with Crippen molar-refractivity contribution in [2.75, 3.05) is 26.2 Å². The molecule has 0 amide bonds. The fourth-order valence-corrected chi connectivity index (χ4v) is 3.31. The molecule has 0 spiro atoms. The van der Waals surface area contributed by atoms with E-state index in [1.54, 1.807) is 0 Å². The summed E-state index contributed by atoms with van der Waals surface area (Å²) in [7, 11) is 0. The first-order valence-corrected chi connectivity index (χ1v) is 7.43. The molecule has 0 aliphatic carbocycles. The molecule has 0 aromatic carbocycles. The number of hydrogen-bond acceptors (Lipinski definition) is 3. The smallest absolute Gasteiger partial charge is 0.320 e. The van der Waals surface area contributed by atoms with Gasteiger partial charge in [0.15, 0.2) is 0 Å². The van der Waals surface area contributed by atoms with Crippen molar-refractivity contribution >= 4 is 5.97 Å². The highest BCUT2D eigenvalue weighted by Gasteiger charge is 2.36. The number of aliphatic carboxylic acids is 1. The molecule has 0 aromatic rings. The van der Waals surface area contributed by atoms with Gasteiger partial charge in [-0.05, 0) is 58.7 Å². The van der Waals surface area contributed by atoms with Crippen LogP contribution in [0.1, 0.15) is 39.0 Å². The second-order valence-electron chi connectivity index (χ2n) is 6.01. The highest BCUT2D eigenvalue weighted by atomic mass is 16.4. The lowest BCUT2D eigenvalue weighted by Crippen LogP contribution is -2.49.